The smallest absolute Gasteiger partial charge is 0.350 e. The van der Waals surface area contributed by atoms with Gasteiger partial charge < -0.3 is 16.0 Å². The number of nitrogens with zero attached hydrogens (tertiary/aromatic N) is 1. The molecule has 1 aliphatic heterocycles. The second-order valence-corrected chi connectivity index (χ2v) is 7.44. The average molecular weight is 398 g/mol. The van der Waals surface area contributed by atoms with E-state index in [1.807, 2.05) is 6.92 Å². The van der Waals surface area contributed by atoms with Gasteiger partial charge in [-0.3, -0.25) is 14.5 Å². The van der Waals surface area contributed by atoms with E-state index >= 15 is 0 Å². The number of amides is 2. The largest absolute Gasteiger partial charge is 0.405 e. The van der Waals surface area contributed by atoms with Crippen molar-refractivity contribution in [2.75, 3.05) is 38.0 Å². The molecule has 1 aromatic carbocycles. The summed E-state index contributed by atoms with van der Waals surface area (Å²) in [5, 5.41) is 8.19. The maximum absolute atomic E-state index is 13.4. The van der Waals surface area contributed by atoms with Crippen LogP contribution in [0.25, 0.3) is 0 Å². The third kappa shape index (κ3) is 5.23. The Balaban J connectivity index is 1.55. The predicted octanol–water partition coefficient (Wildman–Crippen LogP) is 1.85. The molecule has 154 valence electrons. The Kier molecular flexibility index (Phi) is 6.24. The molecule has 2 amide bonds. The lowest BCUT2D eigenvalue weighted by molar-refractivity contribution is -0.183. The first-order chi connectivity index (χ1) is 13.3. The number of piperazine rings is 1. The lowest BCUT2D eigenvalue weighted by Gasteiger charge is -2.35. The van der Waals surface area contributed by atoms with Gasteiger partial charge in [0.05, 0.1) is 0 Å². The Bertz CT molecular complexity index is 702. The van der Waals surface area contributed by atoms with Gasteiger partial charge >= 0.3 is 6.18 Å². The molecule has 3 unspecified atom stereocenters. The van der Waals surface area contributed by atoms with Crippen molar-refractivity contribution in [1.29, 1.82) is 0 Å². The molecule has 0 spiro atoms. The van der Waals surface area contributed by atoms with Gasteiger partial charge in [-0.05, 0) is 36.6 Å². The summed E-state index contributed by atoms with van der Waals surface area (Å²) < 4.78 is 40.1. The zero-order chi connectivity index (χ0) is 20.3. The zero-order valence-corrected chi connectivity index (χ0v) is 15.7. The molecule has 1 saturated heterocycles. The number of nitrogens with one attached hydrogen (secondary N) is 3. The van der Waals surface area contributed by atoms with Gasteiger partial charge in [-0.25, -0.2) is 0 Å². The Morgan fingerprint density at radius 3 is 2.36 bits per heavy atom. The minimum absolute atomic E-state index is 0.0345. The van der Waals surface area contributed by atoms with Gasteiger partial charge in [0.2, 0.25) is 5.91 Å². The molecule has 2 fully saturated rings. The monoisotopic (exact) mass is 398 g/mol. The highest BCUT2D eigenvalue weighted by Crippen LogP contribution is 2.38. The summed E-state index contributed by atoms with van der Waals surface area (Å²) in [5.74, 6) is -0.193. The Morgan fingerprint density at radius 1 is 1.21 bits per heavy atom. The summed E-state index contributed by atoms with van der Waals surface area (Å²) in [6.45, 7) is 3.06. The number of hydrogen-bond acceptors (Lipinski definition) is 4. The van der Waals surface area contributed by atoms with Crippen LogP contribution >= 0.6 is 0 Å². The van der Waals surface area contributed by atoms with Crippen LogP contribution in [0.4, 0.5) is 18.9 Å². The van der Waals surface area contributed by atoms with Crippen molar-refractivity contribution in [1.82, 2.24) is 15.5 Å². The second-order valence-electron chi connectivity index (χ2n) is 7.44. The minimum Gasteiger partial charge on any atom is -0.350 e. The molecule has 2 aliphatic rings. The Labute approximate surface area is 161 Å². The van der Waals surface area contributed by atoms with Crippen LogP contribution in [0, 0.1) is 11.8 Å². The van der Waals surface area contributed by atoms with E-state index in [9.17, 15) is 22.8 Å². The van der Waals surface area contributed by atoms with E-state index in [0.29, 0.717) is 24.7 Å². The van der Waals surface area contributed by atoms with E-state index < -0.39 is 24.7 Å². The fourth-order valence-electron chi connectivity index (χ4n) is 3.36. The van der Waals surface area contributed by atoms with Crippen LogP contribution in [0.5, 0.6) is 0 Å². The fourth-order valence-corrected chi connectivity index (χ4v) is 3.36. The van der Waals surface area contributed by atoms with Crippen LogP contribution in [-0.4, -0.2) is 61.7 Å². The SMILES string of the molecule is CC1CC1C(=O)Nc1ccc(C(=O)NCC(N2CCNCC2)C(F)(F)F)cc1. The predicted molar refractivity (Wildman–Crippen MR) is 99.0 cm³/mol. The first kappa shape index (κ1) is 20.6. The molecular weight excluding hydrogens is 373 g/mol. The van der Waals surface area contributed by atoms with Gasteiger partial charge in [0.25, 0.3) is 5.91 Å². The second kappa shape index (κ2) is 8.48. The van der Waals surface area contributed by atoms with E-state index in [2.05, 4.69) is 16.0 Å². The van der Waals surface area contributed by atoms with Gasteiger partial charge in [0.1, 0.15) is 6.04 Å². The quantitative estimate of drug-likeness (QED) is 0.684. The highest BCUT2D eigenvalue weighted by atomic mass is 19.4. The van der Waals surface area contributed by atoms with E-state index in [1.54, 1.807) is 12.1 Å². The summed E-state index contributed by atoms with van der Waals surface area (Å²) in [5.41, 5.74) is 0.814. The van der Waals surface area contributed by atoms with Crippen molar-refractivity contribution in [3.8, 4) is 0 Å². The molecule has 6 nitrogen and oxygen atoms in total. The maximum Gasteiger partial charge on any atom is 0.405 e. The van der Waals surface area contributed by atoms with Crippen molar-refractivity contribution in [3.63, 3.8) is 0 Å². The van der Waals surface area contributed by atoms with Gasteiger partial charge in [0, 0.05) is 49.9 Å². The number of alkyl halides is 3. The van der Waals surface area contributed by atoms with E-state index in [4.69, 9.17) is 0 Å². The first-order valence-corrected chi connectivity index (χ1v) is 9.46. The molecule has 3 N–H and O–H groups in total. The molecule has 1 saturated carbocycles. The molecular formula is C19H25F3N4O2. The minimum atomic E-state index is -4.42. The van der Waals surface area contributed by atoms with E-state index in [-0.39, 0.29) is 30.5 Å². The summed E-state index contributed by atoms with van der Waals surface area (Å²) >= 11 is 0. The van der Waals surface area contributed by atoms with Crippen molar-refractivity contribution in [2.45, 2.75) is 25.6 Å². The number of halogens is 3. The van der Waals surface area contributed by atoms with Crippen LogP contribution in [0.15, 0.2) is 24.3 Å². The van der Waals surface area contributed by atoms with Gasteiger partial charge in [0.15, 0.2) is 0 Å². The summed E-state index contributed by atoms with van der Waals surface area (Å²) in [6.07, 6.45) is -3.54. The topological polar surface area (TPSA) is 73.5 Å². The lowest BCUT2D eigenvalue weighted by Crippen LogP contribution is -2.57. The number of carbonyl (C=O) groups excluding carboxylic acids is 2. The fraction of sp³-hybridized carbons (Fsp3) is 0.579. The van der Waals surface area contributed by atoms with Gasteiger partial charge in [-0.2, -0.15) is 13.2 Å². The Hall–Kier alpha value is -2.13. The summed E-state index contributed by atoms with van der Waals surface area (Å²) in [4.78, 5) is 25.5. The van der Waals surface area contributed by atoms with Gasteiger partial charge in [-0.1, -0.05) is 6.92 Å². The van der Waals surface area contributed by atoms with Crippen molar-refractivity contribution in [3.05, 3.63) is 29.8 Å². The first-order valence-electron chi connectivity index (χ1n) is 9.46. The van der Waals surface area contributed by atoms with Crippen LogP contribution in [0.2, 0.25) is 0 Å². The molecule has 1 heterocycles. The van der Waals surface area contributed by atoms with Crippen molar-refractivity contribution in [2.24, 2.45) is 11.8 Å². The standard InChI is InChI=1S/C19H25F3N4O2/c1-12-10-15(12)18(28)25-14-4-2-13(3-5-14)17(27)24-11-16(19(20,21)22)26-8-6-23-7-9-26/h2-5,12,15-16,23H,6-11H2,1H3,(H,24,27)(H,25,28). The molecule has 3 rings (SSSR count). The van der Waals surface area contributed by atoms with E-state index in [0.717, 1.165) is 6.42 Å². The molecule has 0 radical (unpaired) electrons. The number of rotatable bonds is 6. The summed E-state index contributed by atoms with van der Waals surface area (Å²) in [6, 6.07) is 4.44. The van der Waals surface area contributed by atoms with Crippen LogP contribution < -0.4 is 16.0 Å². The van der Waals surface area contributed by atoms with Crippen LogP contribution in [0.3, 0.4) is 0 Å². The highest BCUT2D eigenvalue weighted by molar-refractivity contribution is 5.97. The molecule has 1 aliphatic carbocycles. The van der Waals surface area contributed by atoms with Crippen molar-refractivity contribution >= 4 is 17.5 Å². The average Bonchev–Trinajstić information content (AvgIpc) is 3.39. The lowest BCUT2D eigenvalue weighted by atomic mass is 10.1. The van der Waals surface area contributed by atoms with E-state index in [1.165, 1.54) is 17.0 Å². The molecule has 0 bridgehead atoms. The third-order valence-corrected chi connectivity index (χ3v) is 5.29. The normalized spacial score (nSPS) is 23.7. The number of carbonyl (C=O) groups is 2. The maximum atomic E-state index is 13.4. The molecule has 1 aromatic rings. The van der Waals surface area contributed by atoms with Gasteiger partial charge in [-0.15, -0.1) is 0 Å². The van der Waals surface area contributed by atoms with Crippen molar-refractivity contribution < 1.29 is 22.8 Å². The zero-order valence-electron chi connectivity index (χ0n) is 15.7. The summed E-state index contributed by atoms with van der Waals surface area (Å²) in [7, 11) is 0. The molecule has 9 heteroatoms. The number of anilines is 1. The highest BCUT2D eigenvalue weighted by Gasteiger charge is 2.44. The molecule has 0 aromatic heterocycles. The Morgan fingerprint density at radius 2 is 1.82 bits per heavy atom. The molecule has 28 heavy (non-hydrogen) atoms. The third-order valence-electron chi connectivity index (χ3n) is 5.29. The number of hydrogen-bond donors (Lipinski definition) is 3. The number of benzene rings is 1. The molecule has 3 atom stereocenters. The van der Waals surface area contributed by atoms with Crippen LogP contribution in [-0.2, 0) is 4.79 Å². The van der Waals surface area contributed by atoms with Crippen LogP contribution in [0.1, 0.15) is 23.7 Å².